The lowest BCUT2D eigenvalue weighted by Crippen LogP contribution is -2.35. The molecule has 1 amide bonds. The Kier molecular flexibility index (Phi) is 5.21. The van der Waals surface area contributed by atoms with Crippen LogP contribution in [0, 0.1) is 13.8 Å². The van der Waals surface area contributed by atoms with Gasteiger partial charge in [-0.05, 0) is 55.7 Å². The maximum Gasteiger partial charge on any atom is 0.278 e. The number of methoxy groups -OCH3 is 1. The molecule has 0 fully saturated rings. The van der Waals surface area contributed by atoms with Crippen molar-refractivity contribution in [2.45, 2.75) is 33.4 Å². The molecule has 0 saturated carbocycles. The summed E-state index contributed by atoms with van der Waals surface area (Å²) < 4.78 is 6.23. The smallest absolute Gasteiger partial charge is 0.278 e. The van der Waals surface area contributed by atoms with Gasteiger partial charge in [0.05, 0.1) is 18.5 Å². The van der Waals surface area contributed by atoms with Crippen LogP contribution in [0.15, 0.2) is 41.2 Å². The third-order valence-electron chi connectivity index (χ3n) is 4.45. The van der Waals surface area contributed by atoms with Crippen LogP contribution >= 0.6 is 0 Å². The number of aromatic nitrogens is 3. The first-order chi connectivity index (χ1) is 12.9. The van der Waals surface area contributed by atoms with Crippen LogP contribution in [0.25, 0.3) is 10.9 Å². The molecule has 0 saturated heterocycles. The Labute approximate surface area is 157 Å². The van der Waals surface area contributed by atoms with Gasteiger partial charge in [0.15, 0.2) is 0 Å². The van der Waals surface area contributed by atoms with E-state index in [9.17, 15) is 9.59 Å². The van der Waals surface area contributed by atoms with Gasteiger partial charge in [-0.2, -0.15) is 0 Å². The lowest BCUT2D eigenvalue weighted by molar-refractivity contribution is -0.122. The summed E-state index contributed by atoms with van der Waals surface area (Å²) in [5.41, 5.74) is 3.04. The van der Waals surface area contributed by atoms with Gasteiger partial charge in [0, 0.05) is 0 Å². The molecule has 0 unspecified atom stereocenters. The molecule has 0 bridgehead atoms. The fourth-order valence-corrected chi connectivity index (χ4v) is 3.04. The number of benzene rings is 2. The number of nitrogens with one attached hydrogen (secondary N) is 1. The number of nitrogens with zero attached hydrogens (tertiary/aromatic N) is 3. The summed E-state index contributed by atoms with van der Waals surface area (Å²) in [4.78, 5) is 25.0. The van der Waals surface area contributed by atoms with Gasteiger partial charge in [0.2, 0.25) is 5.91 Å². The molecule has 3 rings (SSSR count). The molecule has 0 spiro atoms. The minimum atomic E-state index is -0.320. The SMILES string of the molecule is COc1ccc([C@H](C)NC(=O)Cn2nnc3c(C)cc(C)cc3c2=O)cc1. The predicted molar refractivity (Wildman–Crippen MR) is 103 cm³/mol. The van der Waals surface area contributed by atoms with Gasteiger partial charge in [0.25, 0.3) is 5.56 Å². The fourth-order valence-electron chi connectivity index (χ4n) is 3.04. The summed E-state index contributed by atoms with van der Waals surface area (Å²) >= 11 is 0. The number of rotatable bonds is 5. The maximum atomic E-state index is 12.7. The van der Waals surface area contributed by atoms with Crippen molar-refractivity contribution in [3.63, 3.8) is 0 Å². The molecule has 1 N–H and O–H groups in total. The van der Waals surface area contributed by atoms with Gasteiger partial charge in [0.1, 0.15) is 17.8 Å². The van der Waals surface area contributed by atoms with E-state index in [1.807, 2.05) is 51.1 Å². The first kappa shape index (κ1) is 18.6. The highest BCUT2D eigenvalue weighted by molar-refractivity contribution is 5.81. The summed E-state index contributed by atoms with van der Waals surface area (Å²) in [5, 5.41) is 11.4. The molecule has 0 radical (unpaired) electrons. The van der Waals surface area contributed by atoms with Crippen molar-refractivity contribution in [2.75, 3.05) is 7.11 Å². The second-order valence-corrected chi connectivity index (χ2v) is 6.59. The number of hydrogen-bond acceptors (Lipinski definition) is 5. The number of hydrogen-bond donors (Lipinski definition) is 1. The van der Waals surface area contributed by atoms with Crippen LogP contribution in [-0.2, 0) is 11.3 Å². The molecular weight excluding hydrogens is 344 g/mol. The van der Waals surface area contributed by atoms with Crippen molar-refractivity contribution in [1.82, 2.24) is 20.3 Å². The fraction of sp³-hybridized carbons (Fsp3) is 0.300. The van der Waals surface area contributed by atoms with E-state index in [4.69, 9.17) is 4.74 Å². The van der Waals surface area contributed by atoms with Crippen LogP contribution in [0.5, 0.6) is 5.75 Å². The van der Waals surface area contributed by atoms with E-state index in [0.29, 0.717) is 10.9 Å². The molecule has 3 aromatic rings. The van der Waals surface area contributed by atoms with Crippen molar-refractivity contribution < 1.29 is 9.53 Å². The van der Waals surface area contributed by atoms with E-state index >= 15 is 0 Å². The molecule has 7 nitrogen and oxygen atoms in total. The zero-order valence-corrected chi connectivity index (χ0v) is 15.8. The van der Waals surface area contributed by atoms with E-state index in [0.717, 1.165) is 27.1 Å². The number of ether oxygens (including phenoxy) is 1. The molecule has 1 atom stereocenters. The van der Waals surface area contributed by atoms with Crippen LogP contribution < -0.4 is 15.6 Å². The van der Waals surface area contributed by atoms with Crippen LogP contribution in [0.1, 0.15) is 29.7 Å². The van der Waals surface area contributed by atoms with E-state index in [1.54, 1.807) is 13.2 Å². The van der Waals surface area contributed by atoms with Gasteiger partial charge in [-0.25, -0.2) is 4.68 Å². The lowest BCUT2D eigenvalue weighted by Gasteiger charge is -2.15. The standard InChI is InChI=1S/C20H22N4O3/c1-12-9-13(2)19-17(10-12)20(26)24(23-22-19)11-18(25)21-14(3)15-5-7-16(27-4)8-6-15/h5-10,14H,11H2,1-4H3,(H,21,25)/t14-/m0/s1. The van der Waals surface area contributed by atoms with Crippen LogP contribution in [0.2, 0.25) is 0 Å². The van der Waals surface area contributed by atoms with Crippen molar-refractivity contribution in [1.29, 1.82) is 0 Å². The molecule has 1 aromatic heterocycles. The van der Waals surface area contributed by atoms with E-state index < -0.39 is 0 Å². The average Bonchev–Trinajstić information content (AvgIpc) is 2.64. The van der Waals surface area contributed by atoms with E-state index in [2.05, 4.69) is 15.6 Å². The Balaban J connectivity index is 1.77. The Hall–Kier alpha value is -3.22. The molecule has 7 heteroatoms. The molecule has 0 aliphatic rings. The Morgan fingerprint density at radius 3 is 2.59 bits per heavy atom. The largest absolute Gasteiger partial charge is 0.497 e. The summed E-state index contributed by atoms with van der Waals surface area (Å²) in [6.45, 7) is 5.49. The number of carbonyl (C=O) groups excluding carboxylic acids is 1. The predicted octanol–water partition coefficient (Wildman–Crippen LogP) is 2.29. The van der Waals surface area contributed by atoms with E-state index in [1.165, 1.54) is 0 Å². The Morgan fingerprint density at radius 2 is 1.93 bits per heavy atom. The normalized spacial score (nSPS) is 12.0. The molecule has 0 aliphatic carbocycles. The Morgan fingerprint density at radius 1 is 1.22 bits per heavy atom. The van der Waals surface area contributed by atoms with Gasteiger partial charge in [-0.1, -0.05) is 23.4 Å². The second-order valence-electron chi connectivity index (χ2n) is 6.59. The summed E-state index contributed by atoms with van der Waals surface area (Å²) in [6.07, 6.45) is 0. The van der Waals surface area contributed by atoms with E-state index in [-0.39, 0.29) is 24.1 Å². The number of aryl methyl sites for hydroxylation is 2. The summed E-state index contributed by atoms with van der Waals surface area (Å²) in [7, 11) is 1.60. The third-order valence-corrected chi connectivity index (χ3v) is 4.45. The molecule has 27 heavy (non-hydrogen) atoms. The second kappa shape index (κ2) is 7.57. The number of fused-ring (bicyclic) bond motifs is 1. The van der Waals surface area contributed by atoms with Crippen molar-refractivity contribution in [2.24, 2.45) is 0 Å². The van der Waals surface area contributed by atoms with Crippen LogP contribution in [0.3, 0.4) is 0 Å². The molecule has 0 aliphatic heterocycles. The minimum absolute atomic E-state index is 0.185. The molecular formula is C20H22N4O3. The molecule has 2 aromatic carbocycles. The van der Waals surface area contributed by atoms with Gasteiger partial charge in [-0.3, -0.25) is 9.59 Å². The topological polar surface area (TPSA) is 86.1 Å². The Bertz CT molecular complexity index is 1040. The summed E-state index contributed by atoms with van der Waals surface area (Å²) in [5.74, 6) is 0.444. The minimum Gasteiger partial charge on any atom is -0.497 e. The highest BCUT2D eigenvalue weighted by Crippen LogP contribution is 2.17. The maximum absolute atomic E-state index is 12.7. The van der Waals surface area contributed by atoms with Crippen molar-refractivity contribution >= 4 is 16.8 Å². The molecule has 140 valence electrons. The highest BCUT2D eigenvalue weighted by Gasteiger charge is 2.14. The first-order valence-electron chi connectivity index (χ1n) is 8.67. The van der Waals surface area contributed by atoms with Crippen molar-refractivity contribution in [3.05, 3.63) is 63.4 Å². The average molecular weight is 366 g/mol. The van der Waals surface area contributed by atoms with Gasteiger partial charge >= 0.3 is 0 Å². The monoisotopic (exact) mass is 366 g/mol. The third kappa shape index (κ3) is 3.97. The summed E-state index contributed by atoms with van der Waals surface area (Å²) in [6, 6.07) is 11.0. The van der Waals surface area contributed by atoms with Crippen LogP contribution in [0.4, 0.5) is 0 Å². The number of carbonyl (C=O) groups is 1. The van der Waals surface area contributed by atoms with Gasteiger partial charge in [-0.15, -0.1) is 5.10 Å². The van der Waals surface area contributed by atoms with Crippen molar-refractivity contribution in [3.8, 4) is 5.75 Å². The number of amides is 1. The van der Waals surface area contributed by atoms with Gasteiger partial charge < -0.3 is 10.1 Å². The quantitative estimate of drug-likeness (QED) is 0.749. The zero-order valence-electron chi connectivity index (χ0n) is 15.8. The molecule has 1 heterocycles. The highest BCUT2D eigenvalue weighted by atomic mass is 16.5. The zero-order chi connectivity index (χ0) is 19.6. The first-order valence-corrected chi connectivity index (χ1v) is 8.67. The lowest BCUT2D eigenvalue weighted by atomic mass is 10.1. The van der Waals surface area contributed by atoms with Crippen LogP contribution in [-0.4, -0.2) is 28.0 Å².